The van der Waals surface area contributed by atoms with Gasteiger partial charge in [-0.15, -0.1) is 0 Å². The van der Waals surface area contributed by atoms with Crippen molar-refractivity contribution in [1.82, 2.24) is 0 Å². The van der Waals surface area contributed by atoms with E-state index in [1.807, 2.05) is 24.3 Å². The fourth-order valence-electron chi connectivity index (χ4n) is 2.50. The zero-order valence-corrected chi connectivity index (χ0v) is 16.3. The highest BCUT2D eigenvalue weighted by atomic mass is 16.6. The van der Waals surface area contributed by atoms with Gasteiger partial charge in [-0.1, -0.05) is 12.1 Å². The number of hydrogen-bond acceptors (Lipinski definition) is 6. The maximum absolute atomic E-state index is 11.9. The molecule has 0 amide bonds. The number of esters is 1. The Bertz CT molecular complexity index is 784. The fraction of sp³-hybridized carbons (Fsp3) is 0.381. The molecule has 0 heterocycles. The van der Waals surface area contributed by atoms with E-state index < -0.39 is 16.5 Å². The third kappa shape index (κ3) is 6.26. The number of benzene rings is 2. The Morgan fingerprint density at radius 1 is 1.04 bits per heavy atom. The molecule has 0 aliphatic rings. The van der Waals surface area contributed by atoms with Gasteiger partial charge < -0.3 is 14.2 Å². The zero-order valence-electron chi connectivity index (χ0n) is 16.3. The largest absolute Gasteiger partial charge is 0.494 e. The summed E-state index contributed by atoms with van der Waals surface area (Å²) in [5.41, 5.74) is 0.116. The van der Waals surface area contributed by atoms with Gasteiger partial charge in [-0.3, -0.25) is 10.1 Å². The predicted octanol–water partition coefficient (Wildman–Crippen LogP) is 4.33. The summed E-state index contributed by atoms with van der Waals surface area (Å²) in [5, 5.41) is 10.6. The molecule has 0 N–H and O–H groups in total. The summed E-state index contributed by atoms with van der Waals surface area (Å²) in [6, 6.07) is 13.6. The number of nitro groups is 1. The highest BCUT2D eigenvalue weighted by Gasteiger charge is 2.31. The lowest BCUT2D eigenvalue weighted by Crippen LogP contribution is -2.39. The van der Waals surface area contributed by atoms with Crippen LogP contribution in [-0.4, -0.2) is 29.7 Å². The zero-order chi connectivity index (χ0) is 20.6. The second-order valence-corrected chi connectivity index (χ2v) is 6.68. The number of nitrogens with zero attached hydrogens (tertiary/aromatic N) is 1. The molecule has 0 aliphatic carbocycles. The summed E-state index contributed by atoms with van der Waals surface area (Å²) in [4.78, 5) is 22.1. The van der Waals surface area contributed by atoms with Crippen molar-refractivity contribution in [3.8, 4) is 11.5 Å². The molecule has 2 aromatic carbocycles. The van der Waals surface area contributed by atoms with Crippen LogP contribution in [0.1, 0.15) is 32.8 Å². The van der Waals surface area contributed by atoms with Crippen LogP contribution in [0.25, 0.3) is 0 Å². The van der Waals surface area contributed by atoms with Gasteiger partial charge >= 0.3 is 5.97 Å². The van der Waals surface area contributed by atoms with Gasteiger partial charge in [0, 0.05) is 12.1 Å². The summed E-state index contributed by atoms with van der Waals surface area (Å²) in [6.07, 6.45) is 1.61. The van der Waals surface area contributed by atoms with Crippen LogP contribution >= 0.6 is 0 Å². The van der Waals surface area contributed by atoms with E-state index in [2.05, 4.69) is 0 Å². The Morgan fingerprint density at radius 2 is 1.64 bits per heavy atom. The predicted molar refractivity (Wildman–Crippen MR) is 105 cm³/mol. The molecule has 150 valence electrons. The van der Waals surface area contributed by atoms with E-state index in [1.54, 1.807) is 32.9 Å². The molecule has 0 unspecified atom stereocenters. The molecular formula is C21H25NO6. The number of aryl methyl sites for hydroxylation is 1. The van der Waals surface area contributed by atoms with E-state index in [0.717, 1.165) is 18.4 Å². The minimum Gasteiger partial charge on any atom is -0.494 e. The van der Waals surface area contributed by atoms with Gasteiger partial charge in [0.2, 0.25) is 0 Å². The summed E-state index contributed by atoms with van der Waals surface area (Å²) >= 11 is 0. The lowest BCUT2D eigenvalue weighted by Gasteiger charge is -2.24. The van der Waals surface area contributed by atoms with Crippen molar-refractivity contribution in [3.05, 3.63) is 64.2 Å². The molecule has 0 saturated heterocycles. The van der Waals surface area contributed by atoms with Crippen LogP contribution in [0.15, 0.2) is 48.5 Å². The Kier molecular flexibility index (Phi) is 7.37. The van der Waals surface area contributed by atoms with Gasteiger partial charge in [-0.05, 0) is 63.4 Å². The quantitative estimate of drug-likeness (QED) is 0.261. The first kappa shape index (κ1) is 21.2. The van der Waals surface area contributed by atoms with Gasteiger partial charge in [0.1, 0.15) is 11.5 Å². The third-order valence-corrected chi connectivity index (χ3v) is 3.99. The molecule has 7 nitrogen and oxygen atoms in total. The Labute approximate surface area is 164 Å². The number of rotatable bonds is 10. The molecule has 0 radical (unpaired) electrons. The van der Waals surface area contributed by atoms with Crippen LogP contribution in [-0.2, 0) is 16.0 Å². The maximum Gasteiger partial charge on any atom is 0.349 e. The van der Waals surface area contributed by atoms with Crippen molar-refractivity contribution in [3.63, 3.8) is 0 Å². The van der Waals surface area contributed by atoms with Gasteiger partial charge in [0.05, 0.1) is 18.1 Å². The highest BCUT2D eigenvalue weighted by Crippen LogP contribution is 2.21. The molecule has 0 aromatic heterocycles. The fourth-order valence-corrected chi connectivity index (χ4v) is 2.50. The molecule has 0 fully saturated rings. The topological polar surface area (TPSA) is 87.9 Å². The third-order valence-electron chi connectivity index (χ3n) is 3.99. The number of carbonyl (C=O) groups is 1. The van der Waals surface area contributed by atoms with E-state index in [1.165, 1.54) is 12.1 Å². The van der Waals surface area contributed by atoms with Gasteiger partial charge in [-0.25, -0.2) is 4.79 Å². The molecule has 7 heteroatoms. The van der Waals surface area contributed by atoms with Crippen molar-refractivity contribution in [2.24, 2.45) is 0 Å². The Morgan fingerprint density at radius 3 is 2.21 bits per heavy atom. The number of ether oxygens (including phenoxy) is 3. The lowest BCUT2D eigenvalue weighted by molar-refractivity contribution is -0.384. The number of hydrogen-bond donors (Lipinski definition) is 0. The standard InChI is InChI=1S/C21H25NO6/c1-4-26-20(23)21(2,3)28-19-11-7-16(8-12-19)6-5-15-27-18-13-9-17(10-14-18)22(24)25/h7-14H,4-6,15H2,1-3H3. The number of non-ortho nitro benzene ring substituents is 1. The first-order chi connectivity index (χ1) is 13.3. The Hall–Kier alpha value is -3.09. The van der Waals surface area contributed by atoms with Crippen LogP contribution in [0.5, 0.6) is 11.5 Å². The number of nitro benzene ring substituents is 1. The van der Waals surface area contributed by atoms with E-state index in [4.69, 9.17) is 14.2 Å². The average molecular weight is 387 g/mol. The van der Waals surface area contributed by atoms with Crippen LogP contribution in [0, 0.1) is 10.1 Å². The SMILES string of the molecule is CCOC(=O)C(C)(C)Oc1ccc(CCCOc2ccc([N+](=O)[O-])cc2)cc1. The molecule has 2 rings (SSSR count). The monoisotopic (exact) mass is 387 g/mol. The average Bonchev–Trinajstić information content (AvgIpc) is 2.67. The second kappa shape index (κ2) is 9.73. The summed E-state index contributed by atoms with van der Waals surface area (Å²) in [7, 11) is 0. The minimum atomic E-state index is -1.05. The molecule has 0 atom stereocenters. The lowest BCUT2D eigenvalue weighted by atomic mass is 10.1. The van der Waals surface area contributed by atoms with E-state index in [9.17, 15) is 14.9 Å². The van der Waals surface area contributed by atoms with Gasteiger partial charge in [0.25, 0.3) is 5.69 Å². The van der Waals surface area contributed by atoms with Crippen molar-refractivity contribution < 1.29 is 23.9 Å². The maximum atomic E-state index is 11.9. The molecule has 2 aromatic rings. The molecule has 0 spiro atoms. The van der Waals surface area contributed by atoms with Crippen LogP contribution in [0.2, 0.25) is 0 Å². The van der Waals surface area contributed by atoms with Crippen LogP contribution in [0.3, 0.4) is 0 Å². The van der Waals surface area contributed by atoms with E-state index in [-0.39, 0.29) is 5.69 Å². The molecular weight excluding hydrogens is 362 g/mol. The number of carbonyl (C=O) groups excluding carboxylic acids is 1. The van der Waals surface area contributed by atoms with E-state index >= 15 is 0 Å². The van der Waals surface area contributed by atoms with Crippen molar-refractivity contribution in [2.75, 3.05) is 13.2 Å². The van der Waals surface area contributed by atoms with Crippen molar-refractivity contribution in [1.29, 1.82) is 0 Å². The molecule has 0 bridgehead atoms. The first-order valence-electron chi connectivity index (χ1n) is 9.14. The normalized spacial score (nSPS) is 11.0. The second-order valence-electron chi connectivity index (χ2n) is 6.68. The Balaban J connectivity index is 1.78. The van der Waals surface area contributed by atoms with Crippen LogP contribution in [0.4, 0.5) is 5.69 Å². The summed E-state index contributed by atoms with van der Waals surface area (Å²) in [5.74, 6) is 0.807. The first-order valence-corrected chi connectivity index (χ1v) is 9.14. The highest BCUT2D eigenvalue weighted by molar-refractivity contribution is 5.79. The van der Waals surface area contributed by atoms with Gasteiger partial charge in [0.15, 0.2) is 5.60 Å². The van der Waals surface area contributed by atoms with Gasteiger partial charge in [-0.2, -0.15) is 0 Å². The van der Waals surface area contributed by atoms with Crippen molar-refractivity contribution >= 4 is 11.7 Å². The minimum absolute atomic E-state index is 0.0424. The molecule has 28 heavy (non-hydrogen) atoms. The van der Waals surface area contributed by atoms with E-state index in [0.29, 0.717) is 24.7 Å². The summed E-state index contributed by atoms with van der Waals surface area (Å²) < 4.78 is 16.3. The molecule has 0 aliphatic heterocycles. The van der Waals surface area contributed by atoms with Crippen molar-refractivity contribution in [2.45, 2.75) is 39.2 Å². The molecule has 0 saturated carbocycles. The smallest absolute Gasteiger partial charge is 0.349 e. The summed E-state index contributed by atoms with van der Waals surface area (Å²) in [6.45, 7) is 5.93. The van der Waals surface area contributed by atoms with Crippen LogP contribution < -0.4 is 9.47 Å².